The summed E-state index contributed by atoms with van der Waals surface area (Å²) in [5.74, 6) is -0.0784. The maximum absolute atomic E-state index is 14.3. The standard InChI is InChI=1S/C22H32F2N6/c1-4-21(19-7-6-18(23)14-20(19)24)29-10-12-30(13-11-29)22(25-5-2)26-9-8-17-15-27-28(3)16-17/h6-7,14-16,21H,4-5,8-13H2,1-3H3,(H,25,26). The number of aliphatic imine (C=N–C) groups is 1. The molecule has 0 bridgehead atoms. The van der Waals surface area contributed by atoms with Gasteiger partial charge in [0.25, 0.3) is 0 Å². The van der Waals surface area contributed by atoms with Gasteiger partial charge in [0.05, 0.1) is 6.20 Å². The fourth-order valence-electron chi connectivity index (χ4n) is 4.01. The summed E-state index contributed by atoms with van der Waals surface area (Å²) in [5.41, 5.74) is 1.75. The summed E-state index contributed by atoms with van der Waals surface area (Å²) < 4.78 is 29.4. The van der Waals surface area contributed by atoms with E-state index in [4.69, 9.17) is 4.99 Å². The highest BCUT2D eigenvalue weighted by Gasteiger charge is 2.27. The van der Waals surface area contributed by atoms with E-state index in [0.29, 0.717) is 12.1 Å². The van der Waals surface area contributed by atoms with E-state index in [1.807, 2.05) is 26.4 Å². The van der Waals surface area contributed by atoms with Crippen molar-refractivity contribution >= 4 is 5.96 Å². The lowest BCUT2D eigenvalue weighted by atomic mass is 10.0. The van der Waals surface area contributed by atoms with Gasteiger partial charge in [-0.3, -0.25) is 14.6 Å². The third kappa shape index (κ3) is 5.56. The summed E-state index contributed by atoms with van der Waals surface area (Å²) in [6, 6.07) is 3.86. The first-order valence-electron chi connectivity index (χ1n) is 10.7. The van der Waals surface area contributed by atoms with Gasteiger partial charge in [-0.15, -0.1) is 0 Å². The van der Waals surface area contributed by atoms with Gasteiger partial charge >= 0.3 is 0 Å². The molecule has 0 amide bonds. The molecule has 0 aliphatic carbocycles. The minimum atomic E-state index is -0.534. The van der Waals surface area contributed by atoms with Gasteiger partial charge < -0.3 is 10.2 Å². The van der Waals surface area contributed by atoms with E-state index in [-0.39, 0.29) is 6.04 Å². The van der Waals surface area contributed by atoms with E-state index in [9.17, 15) is 8.78 Å². The van der Waals surface area contributed by atoms with Crippen molar-refractivity contribution in [3.63, 3.8) is 0 Å². The van der Waals surface area contributed by atoms with Crippen molar-refractivity contribution in [2.75, 3.05) is 39.3 Å². The molecule has 1 N–H and O–H groups in total. The first-order valence-corrected chi connectivity index (χ1v) is 10.7. The second-order valence-corrected chi connectivity index (χ2v) is 7.62. The van der Waals surface area contributed by atoms with Crippen LogP contribution in [0.25, 0.3) is 0 Å². The number of benzene rings is 1. The van der Waals surface area contributed by atoms with Gasteiger partial charge in [0, 0.05) is 70.2 Å². The molecule has 164 valence electrons. The molecule has 2 aromatic rings. The lowest BCUT2D eigenvalue weighted by Gasteiger charge is -2.40. The molecule has 1 aromatic heterocycles. The molecule has 0 radical (unpaired) electrons. The van der Waals surface area contributed by atoms with Crippen LogP contribution in [0.2, 0.25) is 0 Å². The van der Waals surface area contributed by atoms with Crippen LogP contribution in [0.1, 0.15) is 37.4 Å². The average Bonchev–Trinajstić information content (AvgIpc) is 3.15. The molecule has 0 saturated carbocycles. The lowest BCUT2D eigenvalue weighted by Crippen LogP contribution is -2.53. The number of piperazine rings is 1. The van der Waals surface area contributed by atoms with Crippen molar-refractivity contribution in [3.05, 3.63) is 53.4 Å². The first-order chi connectivity index (χ1) is 14.5. The fraction of sp³-hybridized carbons (Fsp3) is 0.545. The zero-order valence-corrected chi connectivity index (χ0v) is 18.1. The van der Waals surface area contributed by atoms with E-state index >= 15 is 0 Å². The predicted octanol–water partition coefficient (Wildman–Crippen LogP) is 2.98. The predicted molar refractivity (Wildman–Crippen MR) is 115 cm³/mol. The molecule has 6 nitrogen and oxygen atoms in total. The number of hydrogen-bond donors (Lipinski definition) is 1. The van der Waals surface area contributed by atoms with Crippen LogP contribution in [0.3, 0.4) is 0 Å². The number of aryl methyl sites for hydroxylation is 1. The van der Waals surface area contributed by atoms with Gasteiger partial charge in [-0.2, -0.15) is 5.10 Å². The van der Waals surface area contributed by atoms with Crippen LogP contribution in [0.4, 0.5) is 8.78 Å². The summed E-state index contributed by atoms with van der Waals surface area (Å²) in [6.07, 6.45) is 5.52. The Bertz CT molecular complexity index is 842. The van der Waals surface area contributed by atoms with Gasteiger partial charge in [-0.1, -0.05) is 13.0 Å². The van der Waals surface area contributed by atoms with Gasteiger partial charge in [0.2, 0.25) is 0 Å². The van der Waals surface area contributed by atoms with Crippen molar-refractivity contribution in [1.82, 2.24) is 24.9 Å². The van der Waals surface area contributed by atoms with Gasteiger partial charge in [0.1, 0.15) is 11.6 Å². The van der Waals surface area contributed by atoms with Crippen LogP contribution in [0.15, 0.2) is 35.6 Å². The molecular formula is C22H32F2N6. The molecule has 30 heavy (non-hydrogen) atoms. The Morgan fingerprint density at radius 1 is 1.20 bits per heavy atom. The smallest absolute Gasteiger partial charge is 0.194 e. The largest absolute Gasteiger partial charge is 0.357 e. The molecule has 3 rings (SSSR count). The van der Waals surface area contributed by atoms with Gasteiger partial charge in [-0.25, -0.2) is 8.78 Å². The minimum absolute atomic E-state index is 0.0437. The number of nitrogens with zero attached hydrogens (tertiary/aromatic N) is 5. The van der Waals surface area contributed by atoms with Crippen molar-refractivity contribution in [1.29, 1.82) is 0 Å². The summed E-state index contributed by atoms with van der Waals surface area (Å²) in [7, 11) is 1.91. The van der Waals surface area contributed by atoms with Crippen LogP contribution in [-0.2, 0) is 13.5 Å². The number of aromatic nitrogens is 2. The molecule has 1 aliphatic rings. The van der Waals surface area contributed by atoms with Crippen LogP contribution in [-0.4, -0.2) is 64.8 Å². The monoisotopic (exact) mass is 418 g/mol. The third-order valence-electron chi connectivity index (χ3n) is 5.52. The van der Waals surface area contributed by atoms with E-state index in [1.54, 1.807) is 10.7 Å². The molecule has 1 saturated heterocycles. The number of hydrogen-bond acceptors (Lipinski definition) is 3. The quantitative estimate of drug-likeness (QED) is 0.555. The molecule has 1 unspecified atom stereocenters. The Balaban J connectivity index is 1.60. The van der Waals surface area contributed by atoms with Gasteiger partial charge in [0.15, 0.2) is 5.96 Å². The summed E-state index contributed by atoms with van der Waals surface area (Å²) in [4.78, 5) is 9.33. The second kappa shape index (κ2) is 10.5. The molecule has 1 fully saturated rings. The first kappa shape index (κ1) is 22.2. The average molecular weight is 419 g/mol. The van der Waals surface area contributed by atoms with E-state index in [1.165, 1.54) is 11.6 Å². The van der Waals surface area contributed by atoms with Crippen LogP contribution >= 0.6 is 0 Å². The van der Waals surface area contributed by atoms with E-state index in [2.05, 4.69) is 27.1 Å². The topological polar surface area (TPSA) is 48.7 Å². The summed E-state index contributed by atoms with van der Waals surface area (Å²) in [6.45, 7) is 8.87. The van der Waals surface area contributed by atoms with Gasteiger partial charge in [-0.05, 0) is 31.4 Å². The molecule has 1 aliphatic heterocycles. The molecular weight excluding hydrogens is 386 g/mol. The van der Waals surface area contributed by atoms with E-state index < -0.39 is 11.6 Å². The molecule has 1 aromatic carbocycles. The number of rotatable bonds is 7. The molecule has 0 spiro atoms. The Kier molecular flexibility index (Phi) is 7.79. The van der Waals surface area contributed by atoms with Crippen LogP contribution in [0.5, 0.6) is 0 Å². The fourth-order valence-corrected chi connectivity index (χ4v) is 4.01. The number of halogens is 2. The zero-order chi connectivity index (χ0) is 21.5. The van der Waals surface area contributed by atoms with Crippen LogP contribution in [0, 0.1) is 11.6 Å². The Morgan fingerprint density at radius 3 is 2.57 bits per heavy atom. The van der Waals surface area contributed by atoms with Crippen molar-refractivity contribution in [3.8, 4) is 0 Å². The maximum Gasteiger partial charge on any atom is 0.194 e. The molecule has 1 atom stereocenters. The maximum atomic E-state index is 14.3. The van der Waals surface area contributed by atoms with Crippen LogP contribution < -0.4 is 5.32 Å². The van der Waals surface area contributed by atoms with Crippen molar-refractivity contribution < 1.29 is 8.78 Å². The van der Waals surface area contributed by atoms with Crippen molar-refractivity contribution in [2.24, 2.45) is 12.0 Å². The van der Waals surface area contributed by atoms with E-state index in [0.717, 1.165) is 57.6 Å². The Labute approximate surface area is 177 Å². The highest BCUT2D eigenvalue weighted by Crippen LogP contribution is 2.28. The van der Waals surface area contributed by atoms with Crippen molar-refractivity contribution in [2.45, 2.75) is 32.7 Å². The highest BCUT2D eigenvalue weighted by molar-refractivity contribution is 5.80. The Morgan fingerprint density at radius 2 is 1.97 bits per heavy atom. The molecule has 8 heteroatoms. The zero-order valence-electron chi connectivity index (χ0n) is 18.1. The minimum Gasteiger partial charge on any atom is -0.357 e. The second-order valence-electron chi connectivity index (χ2n) is 7.62. The number of guanidine groups is 1. The SMILES string of the molecule is CCNC(=NCCc1cnn(C)c1)N1CCN(C(CC)c2ccc(F)cc2F)CC1. The summed E-state index contributed by atoms with van der Waals surface area (Å²) >= 11 is 0. The normalized spacial score (nSPS) is 16.7. The highest BCUT2D eigenvalue weighted by atomic mass is 19.1. The molecule has 2 heterocycles. The number of nitrogens with one attached hydrogen (secondary N) is 1. The lowest BCUT2D eigenvalue weighted by molar-refractivity contribution is 0.124. The third-order valence-corrected chi connectivity index (χ3v) is 5.52. The Hall–Kier alpha value is -2.48. The summed E-state index contributed by atoms with van der Waals surface area (Å²) in [5, 5.41) is 7.58.